The van der Waals surface area contributed by atoms with Crippen LogP contribution in [0.1, 0.15) is 6.92 Å². The van der Waals surface area contributed by atoms with E-state index in [0.717, 1.165) is 0 Å². The second-order valence-electron chi connectivity index (χ2n) is 0.803. The zero-order valence-electron chi connectivity index (χ0n) is 3.39. The van der Waals surface area contributed by atoms with Crippen LogP contribution in [0.5, 0.6) is 0 Å². The first kappa shape index (κ1) is 4.92. The molecular formula is C3H7O2. The van der Waals surface area contributed by atoms with E-state index in [4.69, 9.17) is 0 Å². The number of rotatable bonds is 1. The van der Waals surface area contributed by atoms with Gasteiger partial charge in [-0.1, -0.05) is 0 Å². The van der Waals surface area contributed by atoms with Crippen molar-refractivity contribution in [1.29, 1.82) is 0 Å². The highest BCUT2D eigenvalue weighted by molar-refractivity contribution is 4.10. The van der Waals surface area contributed by atoms with Gasteiger partial charge in [-0.2, -0.15) is 0 Å². The van der Waals surface area contributed by atoms with Crippen LogP contribution in [0, 0.1) is 0 Å². The van der Waals surface area contributed by atoms with E-state index in [1.807, 2.05) is 0 Å². The highest BCUT2D eigenvalue weighted by Gasteiger charge is 1.84. The SMILES string of the molecule is CO[C@@H](C)[O]. The average molecular weight is 75.1 g/mol. The third-order valence-corrected chi connectivity index (χ3v) is 0.332. The normalized spacial score (nSPS) is 15.0. The van der Waals surface area contributed by atoms with E-state index in [0.29, 0.717) is 0 Å². The molecule has 0 spiro atoms. The molecule has 0 saturated heterocycles. The summed E-state index contributed by atoms with van der Waals surface area (Å²) in [5.41, 5.74) is 0. The summed E-state index contributed by atoms with van der Waals surface area (Å²) in [5.74, 6) is 0. The minimum absolute atomic E-state index is 0.866. The molecule has 0 bridgehead atoms. The van der Waals surface area contributed by atoms with Gasteiger partial charge in [0.25, 0.3) is 0 Å². The monoisotopic (exact) mass is 75.0 g/mol. The van der Waals surface area contributed by atoms with Crippen LogP contribution in [0.4, 0.5) is 0 Å². The maximum absolute atomic E-state index is 9.67. The van der Waals surface area contributed by atoms with Crippen molar-refractivity contribution in [3.63, 3.8) is 0 Å². The number of ether oxygens (including phenoxy) is 1. The molecule has 0 aromatic carbocycles. The van der Waals surface area contributed by atoms with Gasteiger partial charge in [0.05, 0.1) is 0 Å². The molecule has 0 rings (SSSR count). The van der Waals surface area contributed by atoms with Crippen LogP contribution in [-0.4, -0.2) is 13.4 Å². The topological polar surface area (TPSA) is 29.1 Å². The Bertz CT molecular complexity index is 18.9. The van der Waals surface area contributed by atoms with E-state index < -0.39 is 6.29 Å². The Morgan fingerprint density at radius 3 is 2.00 bits per heavy atom. The fraction of sp³-hybridized carbons (Fsp3) is 1.00. The van der Waals surface area contributed by atoms with Crippen molar-refractivity contribution in [2.45, 2.75) is 13.2 Å². The van der Waals surface area contributed by atoms with Crippen molar-refractivity contribution in [3.8, 4) is 0 Å². The first-order valence-corrected chi connectivity index (χ1v) is 1.46. The second kappa shape index (κ2) is 2.18. The van der Waals surface area contributed by atoms with Gasteiger partial charge in [-0.05, 0) is 6.92 Å². The third-order valence-electron chi connectivity index (χ3n) is 0.332. The van der Waals surface area contributed by atoms with Crippen LogP contribution in [0.2, 0.25) is 0 Å². The Kier molecular flexibility index (Phi) is 2.14. The smallest absolute Gasteiger partial charge is 0.188 e. The van der Waals surface area contributed by atoms with Crippen LogP contribution in [0.15, 0.2) is 0 Å². The molecule has 0 fully saturated rings. The minimum atomic E-state index is -0.866. The molecule has 1 radical (unpaired) electrons. The summed E-state index contributed by atoms with van der Waals surface area (Å²) in [4.78, 5) is 0. The van der Waals surface area contributed by atoms with E-state index in [2.05, 4.69) is 4.74 Å². The second-order valence-corrected chi connectivity index (χ2v) is 0.803. The average Bonchev–Trinajstić information content (AvgIpc) is 1.38. The molecule has 0 unspecified atom stereocenters. The Balaban J connectivity index is 2.54. The van der Waals surface area contributed by atoms with Crippen LogP contribution >= 0.6 is 0 Å². The predicted molar refractivity (Wildman–Crippen MR) is 17.2 cm³/mol. The van der Waals surface area contributed by atoms with Gasteiger partial charge < -0.3 is 4.74 Å². The summed E-state index contributed by atoms with van der Waals surface area (Å²) < 4.78 is 4.19. The zero-order valence-corrected chi connectivity index (χ0v) is 3.39. The molecule has 0 aliphatic carbocycles. The van der Waals surface area contributed by atoms with Gasteiger partial charge in [0.2, 0.25) is 0 Å². The van der Waals surface area contributed by atoms with E-state index in [1.54, 1.807) is 0 Å². The minimum Gasteiger partial charge on any atom is -0.353 e. The lowest BCUT2D eigenvalue weighted by molar-refractivity contribution is -0.104. The molecule has 1 atom stereocenters. The largest absolute Gasteiger partial charge is 0.353 e. The molecule has 2 heteroatoms. The van der Waals surface area contributed by atoms with Gasteiger partial charge in [0.1, 0.15) is 0 Å². The van der Waals surface area contributed by atoms with Crippen molar-refractivity contribution in [2.75, 3.05) is 7.11 Å². The lowest BCUT2D eigenvalue weighted by Crippen LogP contribution is -1.97. The molecule has 31 valence electrons. The maximum atomic E-state index is 9.67. The summed E-state index contributed by atoms with van der Waals surface area (Å²) in [7, 11) is 1.39. The van der Waals surface area contributed by atoms with Crippen LogP contribution in [0.25, 0.3) is 0 Å². The van der Waals surface area contributed by atoms with Crippen molar-refractivity contribution in [2.24, 2.45) is 0 Å². The number of hydrogen-bond donors (Lipinski definition) is 0. The Hall–Kier alpha value is -0.0800. The van der Waals surface area contributed by atoms with Gasteiger partial charge in [0.15, 0.2) is 6.29 Å². The maximum Gasteiger partial charge on any atom is 0.188 e. The van der Waals surface area contributed by atoms with E-state index in [-0.39, 0.29) is 0 Å². The predicted octanol–water partition coefficient (Wildman–Crippen LogP) is 0.409. The van der Waals surface area contributed by atoms with Gasteiger partial charge in [-0.25, -0.2) is 5.11 Å². The lowest BCUT2D eigenvalue weighted by atomic mass is 10.8. The van der Waals surface area contributed by atoms with E-state index in [9.17, 15) is 5.11 Å². The summed E-state index contributed by atoms with van der Waals surface area (Å²) in [6.07, 6.45) is -0.866. The fourth-order valence-electron chi connectivity index (χ4n) is 0. The molecule has 5 heavy (non-hydrogen) atoms. The van der Waals surface area contributed by atoms with Crippen LogP contribution < -0.4 is 0 Å². The molecule has 0 aliphatic heterocycles. The molecule has 0 aromatic rings. The summed E-state index contributed by atoms with van der Waals surface area (Å²) >= 11 is 0. The number of methoxy groups -OCH3 is 1. The van der Waals surface area contributed by atoms with E-state index in [1.165, 1.54) is 14.0 Å². The summed E-state index contributed by atoms with van der Waals surface area (Å²) in [6.45, 7) is 1.44. The first-order chi connectivity index (χ1) is 2.27. The zero-order chi connectivity index (χ0) is 4.28. The Labute approximate surface area is 31.4 Å². The first-order valence-electron chi connectivity index (χ1n) is 1.46. The van der Waals surface area contributed by atoms with Crippen molar-refractivity contribution in [3.05, 3.63) is 0 Å². The molecule has 0 heterocycles. The summed E-state index contributed by atoms with van der Waals surface area (Å²) in [6, 6.07) is 0. The van der Waals surface area contributed by atoms with Gasteiger partial charge in [0, 0.05) is 7.11 Å². The van der Waals surface area contributed by atoms with Crippen molar-refractivity contribution in [1.82, 2.24) is 0 Å². The third kappa shape index (κ3) is 3.92. The van der Waals surface area contributed by atoms with Gasteiger partial charge >= 0.3 is 0 Å². The quantitative estimate of drug-likeness (QED) is 0.415. The fourth-order valence-corrected chi connectivity index (χ4v) is 0. The molecule has 0 N–H and O–H groups in total. The highest BCUT2D eigenvalue weighted by atomic mass is 16.6. The molecule has 0 aromatic heterocycles. The van der Waals surface area contributed by atoms with Gasteiger partial charge in [-0.3, -0.25) is 0 Å². The lowest BCUT2D eigenvalue weighted by Gasteiger charge is -1.90. The highest BCUT2D eigenvalue weighted by Crippen LogP contribution is 1.74. The van der Waals surface area contributed by atoms with Crippen LogP contribution in [0.3, 0.4) is 0 Å². The molecular weight excluding hydrogens is 68.0 g/mol. The Morgan fingerprint density at radius 2 is 2.00 bits per heavy atom. The molecule has 0 aliphatic rings. The summed E-state index contributed by atoms with van der Waals surface area (Å²) in [5, 5.41) is 9.67. The van der Waals surface area contributed by atoms with Crippen LogP contribution in [-0.2, 0) is 9.84 Å². The standard InChI is InChI=1S/C3H7O2/c1-3(4)5-2/h3H,1-2H3/t3-/m0/s1. The Morgan fingerprint density at radius 1 is 1.80 bits per heavy atom. The molecule has 0 saturated carbocycles. The van der Waals surface area contributed by atoms with Gasteiger partial charge in [-0.15, -0.1) is 0 Å². The molecule has 0 amide bonds. The number of hydrogen-bond acceptors (Lipinski definition) is 1. The van der Waals surface area contributed by atoms with Crippen molar-refractivity contribution >= 4 is 0 Å². The van der Waals surface area contributed by atoms with E-state index >= 15 is 0 Å². The van der Waals surface area contributed by atoms with Crippen molar-refractivity contribution < 1.29 is 9.84 Å². The molecule has 2 nitrogen and oxygen atoms in total.